The van der Waals surface area contributed by atoms with Crippen LogP contribution in [0.3, 0.4) is 0 Å². The van der Waals surface area contributed by atoms with Gasteiger partial charge >= 0.3 is 0 Å². The molecule has 2 heteroatoms. The number of hydrogen-bond donors (Lipinski definition) is 2. The fourth-order valence-electron chi connectivity index (χ4n) is 2.34. The lowest BCUT2D eigenvalue weighted by molar-refractivity contribution is -0.0274. The van der Waals surface area contributed by atoms with Gasteiger partial charge in [0.15, 0.2) is 0 Å². The maximum Gasteiger partial charge on any atom is 0.0600 e. The summed E-state index contributed by atoms with van der Waals surface area (Å²) in [4.78, 5) is 0. The summed E-state index contributed by atoms with van der Waals surface area (Å²) in [5.74, 6) is 0.469. The van der Waals surface area contributed by atoms with Crippen molar-refractivity contribution < 1.29 is 10.2 Å². The second-order valence-corrected chi connectivity index (χ2v) is 4.96. The molecule has 82 valence electrons. The van der Waals surface area contributed by atoms with Gasteiger partial charge in [0.2, 0.25) is 0 Å². The van der Waals surface area contributed by atoms with E-state index >= 15 is 0 Å². The first-order chi connectivity index (χ1) is 6.49. The normalized spacial score (nSPS) is 38.3. The van der Waals surface area contributed by atoms with Crippen molar-refractivity contribution in [1.29, 1.82) is 0 Å². The van der Waals surface area contributed by atoms with Crippen LogP contribution in [0.15, 0.2) is 12.2 Å². The second kappa shape index (κ2) is 4.45. The van der Waals surface area contributed by atoms with Crippen LogP contribution in [0.25, 0.3) is 0 Å². The van der Waals surface area contributed by atoms with Crippen molar-refractivity contribution in [3.63, 3.8) is 0 Å². The molecular formula is C12H22O2. The summed E-state index contributed by atoms with van der Waals surface area (Å²) in [5, 5.41) is 19.0. The monoisotopic (exact) mass is 198 g/mol. The van der Waals surface area contributed by atoms with Gasteiger partial charge in [-0.1, -0.05) is 19.1 Å². The molecule has 2 N–H and O–H groups in total. The van der Waals surface area contributed by atoms with Crippen LogP contribution in [0, 0.1) is 11.3 Å². The van der Waals surface area contributed by atoms with E-state index < -0.39 is 0 Å². The number of allylic oxidation sites excluding steroid dienone is 1. The summed E-state index contributed by atoms with van der Waals surface area (Å²) < 4.78 is 0. The van der Waals surface area contributed by atoms with Gasteiger partial charge in [-0.05, 0) is 43.9 Å². The Bertz CT molecular complexity index is 212. The first kappa shape index (κ1) is 11.7. The molecule has 0 aromatic rings. The highest BCUT2D eigenvalue weighted by atomic mass is 16.3. The molecule has 1 aliphatic rings. The Morgan fingerprint density at radius 3 is 2.64 bits per heavy atom. The molecule has 1 aliphatic carbocycles. The van der Waals surface area contributed by atoms with Crippen LogP contribution in [0.4, 0.5) is 0 Å². The van der Waals surface area contributed by atoms with Gasteiger partial charge in [0.25, 0.3) is 0 Å². The van der Waals surface area contributed by atoms with Crippen LogP contribution < -0.4 is 0 Å². The Hall–Kier alpha value is -0.340. The van der Waals surface area contributed by atoms with Crippen molar-refractivity contribution in [2.24, 2.45) is 11.3 Å². The summed E-state index contributed by atoms with van der Waals surface area (Å²) in [6, 6.07) is 0. The lowest BCUT2D eigenvalue weighted by atomic mass is 9.67. The van der Waals surface area contributed by atoms with Crippen LogP contribution in [-0.4, -0.2) is 22.9 Å². The van der Waals surface area contributed by atoms with E-state index in [4.69, 9.17) is 5.11 Å². The molecular weight excluding hydrogens is 176 g/mol. The van der Waals surface area contributed by atoms with Crippen LogP contribution >= 0.6 is 0 Å². The highest BCUT2D eigenvalue weighted by molar-refractivity contribution is 5.02. The van der Waals surface area contributed by atoms with E-state index in [-0.39, 0.29) is 18.1 Å². The van der Waals surface area contributed by atoms with E-state index in [0.29, 0.717) is 12.3 Å². The molecule has 3 atom stereocenters. The summed E-state index contributed by atoms with van der Waals surface area (Å²) in [7, 11) is 0. The Labute approximate surface area is 86.6 Å². The van der Waals surface area contributed by atoms with Crippen LogP contribution in [0.2, 0.25) is 0 Å². The lowest BCUT2D eigenvalue weighted by Crippen LogP contribution is -2.39. The van der Waals surface area contributed by atoms with E-state index in [9.17, 15) is 5.11 Å². The van der Waals surface area contributed by atoms with Crippen molar-refractivity contribution >= 4 is 0 Å². The van der Waals surface area contributed by atoms with Gasteiger partial charge in [-0.15, -0.1) is 0 Å². The third-order valence-electron chi connectivity index (χ3n) is 3.76. The predicted octanol–water partition coefficient (Wildman–Crippen LogP) is 2.11. The quantitative estimate of drug-likeness (QED) is 0.682. The molecule has 0 saturated heterocycles. The van der Waals surface area contributed by atoms with Crippen LogP contribution in [0.5, 0.6) is 0 Å². The Balaban J connectivity index is 2.59. The van der Waals surface area contributed by atoms with Gasteiger partial charge in [-0.25, -0.2) is 0 Å². The Morgan fingerprint density at radius 1 is 1.57 bits per heavy atom. The van der Waals surface area contributed by atoms with Gasteiger partial charge in [-0.2, -0.15) is 0 Å². The molecule has 0 aliphatic heterocycles. The zero-order valence-corrected chi connectivity index (χ0v) is 9.29. The molecule has 0 heterocycles. The van der Waals surface area contributed by atoms with Gasteiger partial charge < -0.3 is 10.2 Å². The molecule has 0 spiro atoms. The van der Waals surface area contributed by atoms with Crippen molar-refractivity contribution in [3.8, 4) is 0 Å². The molecule has 0 radical (unpaired) electrons. The number of hydrogen-bond acceptors (Lipinski definition) is 2. The highest BCUT2D eigenvalue weighted by Gasteiger charge is 2.38. The predicted molar refractivity (Wildman–Crippen MR) is 58.0 cm³/mol. The smallest absolute Gasteiger partial charge is 0.0600 e. The summed E-state index contributed by atoms with van der Waals surface area (Å²) in [6.07, 6.45) is 3.32. The number of aliphatic hydroxyl groups is 2. The van der Waals surface area contributed by atoms with Gasteiger partial charge in [-0.3, -0.25) is 0 Å². The average Bonchev–Trinajstić information content (AvgIpc) is 2.10. The van der Waals surface area contributed by atoms with Crippen molar-refractivity contribution in [3.05, 3.63) is 12.2 Å². The average molecular weight is 198 g/mol. The van der Waals surface area contributed by atoms with E-state index in [0.717, 1.165) is 19.3 Å². The van der Waals surface area contributed by atoms with Crippen molar-refractivity contribution in [2.45, 2.75) is 45.6 Å². The SMILES string of the molecule is C=C(C)[C@@H]1CC[C@@](C)(CCO)[C@@H](O)C1. The molecule has 2 nitrogen and oxygen atoms in total. The van der Waals surface area contributed by atoms with Gasteiger partial charge in [0.05, 0.1) is 6.10 Å². The zero-order valence-electron chi connectivity index (χ0n) is 9.29. The minimum atomic E-state index is -0.287. The molecule has 14 heavy (non-hydrogen) atoms. The fourth-order valence-corrected chi connectivity index (χ4v) is 2.34. The second-order valence-electron chi connectivity index (χ2n) is 4.96. The molecule has 1 fully saturated rings. The Morgan fingerprint density at radius 2 is 2.21 bits per heavy atom. The van der Waals surface area contributed by atoms with Crippen LogP contribution in [0.1, 0.15) is 39.5 Å². The number of aliphatic hydroxyl groups excluding tert-OH is 2. The standard InChI is InChI=1S/C12H22O2/c1-9(2)10-4-5-12(3,6-7-13)11(14)8-10/h10-11,13-14H,1,4-8H2,2-3H3/t10-,11+,12+/m1/s1. The minimum absolute atomic E-state index is 0.0826. The summed E-state index contributed by atoms with van der Waals surface area (Å²) in [5.41, 5.74) is 1.09. The van der Waals surface area contributed by atoms with Crippen molar-refractivity contribution in [2.75, 3.05) is 6.61 Å². The Kier molecular flexibility index (Phi) is 3.73. The molecule has 0 aromatic heterocycles. The van der Waals surface area contributed by atoms with E-state index in [1.165, 1.54) is 5.57 Å². The van der Waals surface area contributed by atoms with Crippen molar-refractivity contribution in [1.82, 2.24) is 0 Å². The van der Waals surface area contributed by atoms with E-state index in [1.807, 2.05) is 6.92 Å². The molecule has 1 rings (SSSR count). The number of rotatable bonds is 3. The van der Waals surface area contributed by atoms with E-state index in [2.05, 4.69) is 13.5 Å². The topological polar surface area (TPSA) is 40.5 Å². The lowest BCUT2D eigenvalue weighted by Gasteiger charge is -2.41. The first-order valence-electron chi connectivity index (χ1n) is 5.44. The van der Waals surface area contributed by atoms with Gasteiger partial charge in [0, 0.05) is 6.61 Å². The third-order valence-corrected chi connectivity index (χ3v) is 3.76. The largest absolute Gasteiger partial charge is 0.396 e. The molecule has 0 unspecified atom stereocenters. The minimum Gasteiger partial charge on any atom is -0.396 e. The third kappa shape index (κ3) is 2.37. The molecule has 0 bridgehead atoms. The zero-order chi connectivity index (χ0) is 10.8. The van der Waals surface area contributed by atoms with Gasteiger partial charge in [0.1, 0.15) is 0 Å². The highest BCUT2D eigenvalue weighted by Crippen LogP contribution is 2.42. The first-order valence-corrected chi connectivity index (χ1v) is 5.44. The van der Waals surface area contributed by atoms with Crippen LogP contribution in [-0.2, 0) is 0 Å². The summed E-state index contributed by atoms with van der Waals surface area (Å²) >= 11 is 0. The fraction of sp³-hybridized carbons (Fsp3) is 0.833. The maximum absolute atomic E-state index is 10.0. The molecule has 1 saturated carbocycles. The molecule has 0 amide bonds. The summed E-state index contributed by atoms with van der Waals surface area (Å²) in [6.45, 7) is 8.22. The molecule has 0 aromatic carbocycles. The van der Waals surface area contributed by atoms with E-state index in [1.54, 1.807) is 0 Å². The maximum atomic E-state index is 10.0.